The van der Waals surface area contributed by atoms with E-state index in [4.69, 9.17) is 13.9 Å². The summed E-state index contributed by atoms with van der Waals surface area (Å²) in [7, 11) is 1.54. The van der Waals surface area contributed by atoms with E-state index >= 15 is 0 Å². The van der Waals surface area contributed by atoms with Crippen LogP contribution in [0, 0.1) is 10.1 Å². The Bertz CT molecular complexity index is 1170. The molecule has 0 radical (unpaired) electrons. The van der Waals surface area contributed by atoms with Crippen molar-refractivity contribution in [2.75, 3.05) is 19.0 Å². The van der Waals surface area contributed by atoms with Crippen LogP contribution in [0.5, 0.6) is 11.5 Å². The van der Waals surface area contributed by atoms with E-state index in [-0.39, 0.29) is 30.1 Å². The van der Waals surface area contributed by atoms with Gasteiger partial charge < -0.3 is 19.2 Å². The smallest absolute Gasteiger partial charge is 0.419 e. The van der Waals surface area contributed by atoms with Crippen LogP contribution in [0.2, 0.25) is 0 Å². The fourth-order valence-electron chi connectivity index (χ4n) is 3.18. The first-order valence-corrected chi connectivity index (χ1v) is 10.3. The molecule has 3 aromatic rings. The normalized spacial score (nSPS) is 10.8. The van der Waals surface area contributed by atoms with Gasteiger partial charge in [-0.3, -0.25) is 19.5 Å². The number of amides is 1. The van der Waals surface area contributed by atoms with Crippen LogP contribution in [-0.4, -0.2) is 29.1 Å². The molecule has 32 heavy (non-hydrogen) atoms. The lowest BCUT2D eigenvalue weighted by atomic mass is 10.2. The van der Waals surface area contributed by atoms with Gasteiger partial charge in [-0.05, 0) is 31.0 Å². The molecule has 1 N–H and O–H groups in total. The lowest BCUT2D eigenvalue weighted by molar-refractivity contribution is -0.384. The number of fused-ring (bicyclic) bond motifs is 1. The van der Waals surface area contributed by atoms with Gasteiger partial charge in [-0.15, -0.1) is 0 Å². The third kappa shape index (κ3) is 5.45. The number of anilines is 1. The van der Waals surface area contributed by atoms with E-state index in [0.29, 0.717) is 35.7 Å². The Balaban J connectivity index is 1.64. The molecule has 0 saturated carbocycles. The number of ether oxygens (including phenoxy) is 2. The van der Waals surface area contributed by atoms with E-state index in [1.165, 1.54) is 22.8 Å². The molecule has 10 nitrogen and oxygen atoms in total. The second-order valence-corrected chi connectivity index (χ2v) is 7.14. The molecule has 0 fully saturated rings. The number of nitrogens with one attached hydrogen (secondary N) is 1. The van der Waals surface area contributed by atoms with Crippen LogP contribution in [0.25, 0.3) is 11.1 Å². The molecule has 0 saturated heterocycles. The number of carbonyl (C=O) groups is 1. The number of rotatable bonds is 11. The molecule has 0 aliphatic carbocycles. The van der Waals surface area contributed by atoms with Crippen LogP contribution < -0.4 is 20.5 Å². The minimum atomic E-state index is -0.625. The van der Waals surface area contributed by atoms with Gasteiger partial charge in [0, 0.05) is 25.1 Å². The molecule has 0 aliphatic rings. The van der Waals surface area contributed by atoms with Gasteiger partial charge in [0.15, 0.2) is 5.58 Å². The van der Waals surface area contributed by atoms with Crippen LogP contribution in [0.1, 0.15) is 32.6 Å². The van der Waals surface area contributed by atoms with Gasteiger partial charge in [-0.1, -0.05) is 13.3 Å². The number of hydrogen-bond acceptors (Lipinski definition) is 7. The third-order valence-corrected chi connectivity index (χ3v) is 4.86. The number of oxazole rings is 1. The molecule has 1 aromatic heterocycles. The Morgan fingerprint density at radius 2 is 2.03 bits per heavy atom. The van der Waals surface area contributed by atoms with Crippen molar-refractivity contribution in [3.8, 4) is 11.5 Å². The van der Waals surface area contributed by atoms with E-state index in [1.54, 1.807) is 25.3 Å². The van der Waals surface area contributed by atoms with Crippen molar-refractivity contribution in [2.24, 2.45) is 0 Å². The Morgan fingerprint density at radius 3 is 2.75 bits per heavy atom. The molecule has 0 spiro atoms. The minimum Gasteiger partial charge on any atom is -0.497 e. The third-order valence-electron chi connectivity index (χ3n) is 4.86. The standard InChI is InChI=1S/C22H25N3O7/c1-3-4-12-31-19-10-8-16(30-2)14-17(19)23-21(26)6-5-11-24-18-9-7-15(25(28)29)13-20(18)32-22(24)27/h7-10,13-14H,3-6,11-12H2,1-2H3,(H,23,26). The molecule has 0 unspecified atom stereocenters. The summed E-state index contributed by atoms with van der Waals surface area (Å²) in [6.07, 6.45) is 2.41. The van der Waals surface area contributed by atoms with Gasteiger partial charge >= 0.3 is 5.76 Å². The van der Waals surface area contributed by atoms with Crippen molar-refractivity contribution in [3.63, 3.8) is 0 Å². The van der Waals surface area contributed by atoms with Crippen molar-refractivity contribution >= 4 is 28.4 Å². The summed E-state index contributed by atoms with van der Waals surface area (Å²) < 4.78 is 17.4. The lowest BCUT2D eigenvalue weighted by Crippen LogP contribution is -2.17. The molecule has 170 valence electrons. The number of hydrogen-bond donors (Lipinski definition) is 1. The highest BCUT2D eigenvalue weighted by Gasteiger charge is 2.15. The summed E-state index contributed by atoms with van der Waals surface area (Å²) in [5, 5.41) is 13.7. The predicted octanol–water partition coefficient (Wildman–Crippen LogP) is 4.11. The van der Waals surface area contributed by atoms with Crippen LogP contribution in [0.4, 0.5) is 11.4 Å². The molecular formula is C22H25N3O7. The highest BCUT2D eigenvalue weighted by atomic mass is 16.6. The zero-order valence-electron chi connectivity index (χ0n) is 18.0. The molecular weight excluding hydrogens is 418 g/mol. The van der Waals surface area contributed by atoms with Gasteiger partial charge in [0.05, 0.1) is 35.9 Å². The van der Waals surface area contributed by atoms with Gasteiger partial charge in [0.1, 0.15) is 11.5 Å². The summed E-state index contributed by atoms with van der Waals surface area (Å²) in [5.74, 6) is 0.287. The highest BCUT2D eigenvalue weighted by molar-refractivity contribution is 5.92. The van der Waals surface area contributed by atoms with Crippen molar-refractivity contribution < 1.29 is 23.6 Å². The number of carbonyl (C=O) groups excluding carboxylic acids is 1. The second kappa shape index (κ2) is 10.5. The quantitative estimate of drug-likeness (QED) is 0.268. The number of aromatic nitrogens is 1. The Hall–Kier alpha value is -3.82. The maximum Gasteiger partial charge on any atom is 0.419 e. The Kier molecular flexibility index (Phi) is 7.48. The first-order valence-electron chi connectivity index (χ1n) is 10.3. The second-order valence-electron chi connectivity index (χ2n) is 7.14. The van der Waals surface area contributed by atoms with Crippen LogP contribution >= 0.6 is 0 Å². The van der Waals surface area contributed by atoms with Crippen LogP contribution in [-0.2, 0) is 11.3 Å². The summed E-state index contributed by atoms with van der Waals surface area (Å²) in [6.45, 7) is 2.84. The monoisotopic (exact) mass is 443 g/mol. The maximum atomic E-state index is 12.5. The summed E-state index contributed by atoms with van der Waals surface area (Å²) in [6, 6.07) is 9.19. The zero-order valence-corrected chi connectivity index (χ0v) is 18.0. The first-order chi connectivity index (χ1) is 15.4. The molecule has 0 bridgehead atoms. The van der Waals surface area contributed by atoms with E-state index in [1.807, 2.05) is 0 Å². The van der Waals surface area contributed by atoms with E-state index in [2.05, 4.69) is 12.2 Å². The average molecular weight is 443 g/mol. The van der Waals surface area contributed by atoms with Gasteiger partial charge in [-0.25, -0.2) is 4.79 Å². The van der Waals surface area contributed by atoms with E-state index in [9.17, 15) is 19.7 Å². The van der Waals surface area contributed by atoms with E-state index < -0.39 is 10.7 Å². The fraction of sp³-hybridized carbons (Fsp3) is 0.364. The van der Waals surface area contributed by atoms with Crippen molar-refractivity contribution in [2.45, 2.75) is 39.2 Å². The largest absolute Gasteiger partial charge is 0.497 e. The fourth-order valence-corrected chi connectivity index (χ4v) is 3.18. The molecule has 10 heteroatoms. The van der Waals surface area contributed by atoms with E-state index in [0.717, 1.165) is 12.8 Å². The van der Waals surface area contributed by atoms with Crippen LogP contribution in [0.15, 0.2) is 45.6 Å². The molecule has 0 aliphatic heterocycles. The number of non-ortho nitro benzene ring substituents is 1. The first kappa shape index (κ1) is 22.9. The summed E-state index contributed by atoms with van der Waals surface area (Å²) in [4.78, 5) is 35.0. The molecule has 0 atom stereocenters. The number of benzene rings is 2. The number of nitrogens with zero attached hydrogens (tertiary/aromatic N) is 2. The number of unbranched alkanes of at least 4 members (excludes halogenated alkanes) is 1. The molecule has 1 amide bonds. The number of nitro groups is 1. The number of nitro benzene ring substituents is 1. The SMILES string of the molecule is CCCCOc1ccc(OC)cc1NC(=O)CCCn1c(=O)oc2cc([N+](=O)[O-])ccc21. The minimum absolute atomic E-state index is 0.138. The number of methoxy groups -OCH3 is 1. The Labute approximate surface area is 183 Å². The number of aryl methyl sites for hydroxylation is 1. The van der Waals surface area contributed by atoms with Crippen LogP contribution in [0.3, 0.4) is 0 Å². The van der Waals surface area contributed by atoms with Crippen molar-refractivity contribution in [3.05, 3.63) is 57.1 Å². The predicted molar refractivity (Wildman–Crippen MR) is 118 cm³/mol. The van der Waals surface area contributed by atoms with Crippen molar-refractivity contribution in [1.82, 2.24) is 4.57 Å². The molecule has 1 heterocycles. The van der Waals surface area contributed by atoms with Crippen molar-refractivity contribution in [1.29, 1.82) is 0 Å². The Morgan fingerprint density at radius 1 is 1.22 bits per heavy atom. The average Bonchev–Trinajstić information content (AvgIpc) is 3.09. The zero-order chi connectivity index (χ0) is 23.1. The van der Waals surface area contributed by atoms with Gasteiger partial charge in [0.2, 0.25) is 5.91 Å². The lowest BCUT2D eigenvalue weighted by Gasteiger charge is -2.14. The molecule has 2 aromatic carbocycles. The highest BCUT2D eigenvalue weighted by Crippen LogP contribution is 2.29. The topological polar surface area (TPSA) is 126 Å². The molecule has 3 rings (SSSR count). The maximum absolute atomic E-state index is 12.5. The van der Waals surface area contributed by atoms with Gasteiger partial charge in [-0.2, -0.15) is 0 Å². The summed E-state index contributed by atoms with van der Waals surface area (Å²) >= 11 is 0. The summed E-state index contributed by atoms with van der Waals surface area (Å²) in [5.41, 5.74) is 0.941. The van der Waals surface area contributed by atoms with Gasteiger partial charge in [0.25, 0.3) is 5.69 Å².